The minimum atomic E-state index is -0.300. The predicted octanol–water partition coefficient (Wildman–Crippen LogP) is 3.28. The Morgan fingerprint density at radius 2 is 2.16 bits per heavy atom. The summed E-state index contributed by atoms with van der Waals surface area (Å²) in [6, 6.07) is 10.7. The summed E-state index contributed by atoms with van der Waals surface area (Å²) in [4.78, 5) is 16.0. The molecule has 0 fully saturated rings. The molecule has 1 amide bonds. The number of carbonyl (C=O) groups excluding carboxylic acids is 1. The van der Waals surface area contributed by atoms with Gasteiger partial charge in [-0.25, -0.2) is 4.98 Å². The van der Waals surface area contributed by atoms with Gasteiger partial charge in [-0.2, -0.15) is 5.26 Å². The molecule has 2 aromatic rings. The summed E-state index contributed by atoms with van der Waals surface area (Å²) < 4.78 is 0.890. The third-order valence-corrected chi connectivity index (χ3v) is 3.07. The van der Waals surface area contributed by atoms with Crippen LogP contribution in [0, 0.1) is 18.3 Å². The fraction of sp³-hybridized carbons (Fsp3) is 0.0714. The number of hydrogen-bond donors (Lipinski definition) is 1. The standard InChI is InChI=1S/C14H10BrN3O/c1-9-2-4-11(15)6-13(9)18-14(19)12-5-3-10(7-16)8-17-12/h2-6,8H,1H3,(H,18,19). The van der Waals surface area contributed by atoms with E-state index in [0.29, 0.717) is 5.56 Å². The molecule has 19 heavy (non-hydrogen) atoms. The number of nitriles is 1. The van der Waals surface area contributed by atoms with Crippen LogP contribution in [0.4, 0.5) is 5.69 Å². The summed E-state index contributed by atoms with van der Waals surface area (Å²) in [5.74, 6) is -0.300. The van der Waals surface area contributed by atoms with Crippen molar-refractivity contribution in [2.24, 2.45) is 0 Å². The van der Waals surface area contributed by atoms with Gasteiger partial charge in [0.25, 0.3) is 5.91 Å². The van der Waals surface area contributed by atoms with Crippen LogP contribution < -0.4 is 5.32 Å². The second-order valence-electron chi connectivity index (χ2n) is 3.96. The largest absolute Gasteiger partial charge is 0.320 e. The van der Waals surface area contributed by atoms with Crippen molar-refractivity contribution in [3.8, 4) is 6.07 Å². The highest BCUT2D eigenvalue weighted by molar-refractivity contribution is 9.10. The number of aromatic nitrogens is 1. The number of aryl methyl sites for hydroxylation is 1. The third-order valence-electron chi connectivity index (χ3n) is 2.57. The van der Waals surface area contributed by atoms with Crippen molar-refractivity contribution < 1.29 is 4.79 Å². The van der Waals surface area contributed by atoms with E-state index < -0.39 is 0 Å². The Morgan fingerprint density at radius 3 is 2.79 bits per heavy atom. The van der Waals surface area contributed by atoms with Crippen LogP contribution in [0.15, 0.2) is 41.0 Å². The summed E-state index contributed by atoms with van der Waals surface area (Å²) in [7, 11) is 0. The maximum atomic E-state index is 12.0. The lowest BCUT2D eigenvalue weighted by molar-refractivity contribution is 0.102. The quantitative estimate of drug-likeness (QED) is 0.924. The van der Waals surface area contributed by atoms with E-state index in [1.807, 2.05) is 31.2 Å². The van der Waals surface area contributed by atoms with Gasteiger partial charge < -0.3 is 5.32 Å². The second-order valence-corrected chi connectivity index (χ2v) is 4.87. The smallest absolute Gasteiger partial charge is 0.274 e. The third kappa shape index (κ3) is 3.18. The molecule has 1 aromatic carbocycles. The first-order valence-electron chi connectivity index (χ1n) is 5.54. The average Bonchev–Trinajstić information content (AvgIpc) is 2.43. The lowest BCUT2D eigenvalue weighted by Crippen LogP contribution is -2.14. The number of nitrogens with one attached hydrogen (secondary N) is 1. The van der Waals surface area contributed by atoms with Crippen LogP contribution in [-0.4, -0.2) is 10.9 Å². The summed E-state index contributed by atoms with van der Waals surface area (Å²) in [6.45, 7) is 1.91. The molecule has 0 unspecified atom stereocenters. The lowest BCUT2D eigenvalue weighted by Gasteiger charge is -2.08. The van der Waals surface area contributed by atoms with E-state index in [0.717, 1.165) is 15.7 Å². The molecule has 94 valence electrons. The Morgan fingerprint density at radius 1 is 1.37 bits per heavy atom. The zero-order chi connectivity index (χ0) is 13.8. The Labute approximate surface area is 119 Å². The summed E-state index contributed by atoms with van der Waals surface area (Å²) >= 11 is 3.36. The molecule has 0 bridgehead atoms. The van der Waals surface area contributed by atoms with Crippen molar-refractivity contribution in [1.29, 1.82) is 5.26 Å². The molecule has 0 aliphatic heterocycles. The fourth-order valence-corrected chi connectivity index (χ4v) is 1.87. The Balaban J connectivity index is 2.21. The van der Waals surface area contributed by atoms with E-state index in [2.05, 4.69) is 26.2 Å². The number of nitrogens with zero attached hydrogens (tertiary/aromatic N) is 2. The molecule has 0 radical (unpaired) electrons. The summed E-state index contributed by atoms with van der Waals surface area (Å²) in [5, 5.41) is 11.5. The molecular formula is C14H10BrN3O. The summed E-state index contributed by atoms with van der Waals surface area (Å²) in [5.41, 5.74) is 2.39. The molecule has 4 nitrogen and oxygen atoms in total. The SMILES string of the molecule is Cc1ccc(Br)cc1NC(=O)c1ccc(C#N)cn1. The lowest BCUT2D eigenvalue weighted by atomic mass is 10.2. The molecule has 0 spiro atoms. The van der Waals surface area contributed by atoms with Crippen molar-refractivity contribution in [1.82, 2.24) is 4.98 Å². The number of hydrogen-bond acceptors (Lipinski definition) is 3. The molecule has 0 aliphatic rings. The van der Waals surface area contributed by atoms with Crippen LogP contribution in [0.1, 0.15) is 21.6 Å². The van der Waals surface area contributed by atoms with E-state index in [1.165, 1.54) is 12.3 Å². The van der Waals surface area contributed by atoms with Gasteiger partial charge in [-0.15, -0.1) is 0 Å². The Kier molecular flexibility index (Phi) is 3.93. The van der Waals surface area contributed by atoms with Gasteiger partial charge >= 0.3 is 0 Å². The average molecular weight is 316 g/mol. The monoisotopic (exact) mass is 315 g/mol. The normalized spacial score (nSPS) is 9.74. The van der Waals surface area contributed by atoms with Crippen molar-refractivity contribution in [3.05, 3.63) is 57.8 Å². The van der Waals surface area contributed by atoms with E-state index >= 15 is 0 Å². The van der Waals surface area contributed by atoms with E-state index in [9.17, 15) is 4.79 Å². The first-order chi connectivity index (χ1) is 9.10. The second kappa shape index (κ2) is 5.63. The van der Waals surface area contributed by atoms with Crippen LogP contribution in [0.3, 0.4) is 0 Å². The maximum absolute atomic E-state index is 12.0. The highest BCUT2D eigenvalue weighted by Gasteiger charge is 2.09. The van der Waals surface area contributed by atoms with Gasteiger partial charge in [0.2, 0.25) is 0 Å². The number of pyridine rings is 1. The van der Waals surface area contributed by atoms with Gasteiger partial charge in [0, 0.05) is 16.4 Å². The molecule has 1 heterocycles. The van der Waals surface area contributed by atoms with Gasteiger partial charge in [-0.3, -0.25) is 4.79 Å². The molecule has 1 N–H and O–H groups in total. The van der Waals surface area contributed by atoms with Crippen LogP contribution in [0.25, 0.3) is 0 Å². The van der Waals surface area contributed by atoms with Crippen molar-refractivity contribution in [2.75, 3.05) is 5.32 Å². The van der Waals surface area contributed by atoms with E-state index in [1.54, 1.807) is 6.07 Å². The molecule has 0 saturated carbocycles. The number of anilines is 1. The van der Waals surface area contributed by atoms with Gasteiger partial charge in [0.1, 0.15) is 11.8 Å². The van der Waals surface area contributed by atoms with Crippen LogP contribution in [0.2, 0.25) is 0 Å². The molecule has 1 aromatic heterocycles. The summed E-state index contributed by atoms with van der Waals surface area (Å²) in [6.07, 6.45) is 1.38. The van der Waals surface area contributed by atoms with Gasteiger partial charge in [0.15, 0.2) is 0 Å². The first kappa shape index (κ1) is 13.2. The van der Waals surface area contributed by atoms with Crippen LogP contribution >= 0.6 is 15.9 Å². The number of amides is 1. The van der Waals surface area contributed by atoms with E-state index in [-0.39, 0.29) is 11.6 Å². The van der Waals surface area contributed by atoms with Crippen LogP contribution in [0.5, 0.6) is 0 Å². The molecule has 5 heteroatoms. The molecule has 0 atom stereocenters. The zero-order valence-corrected chi connectivity index (χ0v) is 11.7. The number of halogens is 1. The van der Waals surface area contributed by atoms with E-state index in [4.69, 9.17) is 5.26 Å². The number of carbonyl (C=O) groups is 1. The molecule has 0 saturated heterocycles. The minimum Gasteiger partial charge on any atom is -0.320 e. The topological polar surface area (TPSA) is 65.8 Å². The maximum Gasteiger partial charge on any atom is 0.274 e. The van der Waals surface area contributed by atoms with Crippen LogP contribution in [-0.2, 0) is 0 Å². The minimum absolute atomic E-state index is 0.276. The molecule has 2 rings (SSSR count). The number of benzene rings is 1. The van der Waals surface area contributed by atoms with Gasteiger partial charge in [0.05, 0.1) is 5.56 Å². The molecule has 0 aliphatic carbocycles. The van der Waals surface area contributed by atoms with Gasteiger partial charge in [-0.05, 0) is 36.8 Å². The molecular weight excluding hydrogens is 306 g/mol. The zero-order valence-electron chi connectivity index (χ0n) is 10.1. The fourth-order valence-electron chi connectivity index (χ4n) is 1.51. The van der Waals surface area contributed by atoms with Crippen molar-refractivity contribution in [2.45, 2.75) is 6.92 Å². The Hall–Kier alpha value is -2.19. The Bertz CT molecular complexity index is 659. The highest BCUT2D eigenvalue weighted by Crippen LogP contribution is 2.21. The predicted molar refractivity (Wildman–Crippen MR) is 75.8 cm³/mol. The van der Waals surface area contributed by atoms with Gasteiger partial charge in [-0.1, -0.05) is 22.0 Å². The number of rotatable bonds is 2. The van der Waals surface area contributed by atoms with Crippen molar-refractivity contribution >= 4 is 27.5 Å². The highest BCUT2D eigenvalue weighted by atomic mass is 79.9. The first-order valence-corrected chi connectivity index (χ1v) is 6.33. The van der Waals surface area contributed by atoms with Crippen molar-refractivity contribution in [3.63, 3.8) is 0 Å².